The summed E-state index contributed by atoms with van der Waals surface area (Å²) in [4.78, 5) is 10.3. The van der Waals surface area contributed by atoms with E-state index < -0.39 is 21.0 Å². The first-order chi connectivity index (χ1) is 13.2. The van der Waals surface area contributed by atoms with E-state index in [0.717, 1.165) is 6.07 Å². The molecule has 2 aromatic rings. The van der Waals surface area contributed by atoms with E-state index >= 15 is 0 Å². The van der Waals surface area contributed by atoms with E-state index in [-0.39, 0.29) is 10.6 Å². The maximum Gasteiger partial charge on any atom is 0.273 e. The predicted molar refractivity (Wildman–Crippen MR) is 105 cm³/mol. The van der Waals surface area contributed by atoms with Crippen molar-refractivity contribution in [2.24, 2.45) is 0 Å². The van der Waals surface area contributed by atoms with Crippen molar-refractivity contribution in [1.82, 2.24) is 4.72 Å². The van der Waals surface area contributed by atoms with Crippen molar-refractivity contribution in [2.45, 2.75) is 38.6 Å². The van der Waals surface area contributed by atoms with E-state index in [1.54, 1.807) is 32.0 Å². The van der Waals surface area contributed by atoms with Crippen LogP contribution in [0, 0.1) is 17.0 Å². The van der Waals surface area contributed by atoms with Gasteiger partial charge in [-0.05, 0) is 51.5 Å². The fraction of sp³-hybridized carbons (Fsp3) is 0.368. The minimum atomic E-state index is -3.95. The van der Waals surface area contributed by atoms with Crippen molar-refractivity contribution in [3.8, 4) is 11.5 Å². The van der Waals surface area contributed by atoms with E-state index in [0.29, 0.717) is 35.8 Å². The quantitative estimate of drug-likeness (QED) is 0.500. The van der Waals surface area contributed by atoms with Crippen molar-refractivity contribution in [1.29, 1.82) is 0 Å². The van der Waals surface area contributed by atoms with Gasteiger partial charge in [0.1, 0.15) is 0 Å². The van der Waals surface area contributed by atoms with Gasteiger partial charge in [-0.3, -0.25) is 10.1 Å². The second kappa shape index (κ2) is 9.03. The van der Waals surface area contributed by atoms with Crippen LogP contribution in [0.4, 0.5) is 5.69 Å². The summed E-state index contributed by atoms with van der Waals surface area (Å²) >= 11 is 0. The number of benzene rings is 2. The molecule has 0 radical (unpaired) electrons. The normalized spacial score (nSPS) is 12.4. The molecule has 152 valence electrons. The topological polar surface area (TPSA) is 108 Å². The van der Waals surface area contributed by atoms with Crippen LogP contribution in [-0.2, 0) is 10.0 Å². The van der Waals surface area contributed by atoms with Gasteiger partial charge in [-0.1, -0.05) is 12.1 Å². The van der Waals surface area contributed by atoms with Crippen LogP contribution in [0.5, 0.6) is 11.5 Å². The Bertz CT molecular complexity index is 959. The number of nitrogens with one attached hydrogen (secondary N) is 1. The lowest BCUT2D eigenvalue weighted by Crippen LogP contribution is -2.27. The van der Waals surface area contributed by atoms with Crippen LogP contribution in [0.1, 0.15) is 37.9 Å². The van der Waals surface area contributed by atoms with Gasteiger partial charge >= 0.3 is 0 Å². The summed E-state index contributed by atoms with van der Waals surface area (Å²) in [5.41, 5.74) is 0.831. The number of aryl methyl sites for hydroxylation is 1. The first-order valence-electron chi connectivity index (χ1n) is 8.86. The Labute approximate surface area is 164 Å². The van der Waals surface area contributed by atoms with E-state index in [1.807, 2.05) is 13.8 Å². The van der Waals surface area contributed by atoms with Crippen molar-refractivity contribution in [3.63, 3.8) is 0 Å². The van der Waals surface area contributed by atoms with Crippen LogP contribution >= 0.6 is 0 Å². The van der Waals surface area contributed by atoms with Crippen LogP contribution in [0.25, 0.3) is 0 Å². The largest absolute Gasteiger partial charge is 0.490 e. The van der Waals surface area contributed by atoms with Crippen LogP contribution in [0.2, 0.25) is 0 Å². The Balaban J connectivity index is 2.30. The SMILES string of the molecule is CCOc1ccc([C@@H](C)NS(=O)(=O)c2ccc(C)c([N+](=O)[O-])c2)cc1OCC. The molecular weight excluding hydrogens is 384 g/mol. The second-order valence-corrected chi connectivity index (χ2v) is 7.83. The van der Waals surface area contributed by atoms with Gasteiger partial charge in [-0.15, -0.1) is 0 Å². The fourth-order valence-corrected chi connectivity index (χ4v) is 3.91. The summed E-state index contributed by atoms with van der Waals surface area (Å²) in [6.45, 7) is 7.87. The molecule has 0 bridgehead atoms. The van der Waals surface area contributed by atoms with Gasteiger partial charge < -0.3 is 9.47 Å². The molecule has 0 spiro atoms. The number of rotatable bonds is 9. The summed E-state index contributed by atoms with van der Waals surface area (Å²) in [6, 6.07) is 8.44. The Hall–Kier alpha value is -2.65. The monoisotopic (exact) mass is 408 g/mol. The maximum atomic E-state index is 12.7. The molecule has 0 aliphatic heterocycles. The number of hydrogen-bond acceptors (Lipinski definition) is 6. The molecule has 0 fully saturated rings. The summed E-state index contributed by atoms with van der Waals surface area (Å²) in [6.07, 6.45) is 0. The second-order valence-electron chi connectivity index (χ2n) is 6.12. The summed E-state index contributed by atoms with van der Waals surface area (Å²) in [5.74, 6) is 1.11. The lowest BCUT2D eigenvalue weighted by molar-refractivity contribution is -0.385. The van der Waals surface area contributed by atoms with Crippen molar-refractivity contribution in [3.05, 3.63) is 57.6 Å². The molecule has 2 rings (SSSR count). The van der Waals surface area contributed by atoms with Gasteiger partial charge in [0.25, 0.3) is 5.69 Å². The van der Waals surface area contributed by atoms with Crippen molar-refractivity contribution >= 4 is 15.7 Å². The average molecular weight is 408 g/mol. The molecule has 0 aliphatic rings. The number of hydrogen-bond donors (Lipinski definition) is 1. The van der Waals surface area contributed by atoms with E-state index in [2.05, 4.69) is 4.72 Å². The average Bonchev–Trinajstić information content (AvgIpc) is 2.63. The molecule has 0 saturated carbocycles. The van der Waals surface area contributed by atoms with Crippen molar-refractivity contribution < 1.29 is 22.8 Å². The third-order valence-electron chi connectivity index (χ3n) is 4.09. The Kier molecular flexibility index (Phi) is 6.98. The number of nitro groups is 1. The molecule has 1 atom stereocenters. The molecule has 8 nitrogen and oxygen atoms in total. The third kappa shape index (κ3) is 4.99. The third-order valence-corrected chi connectivity index (χ3v) is 5.63. The van der Waals surface area contributed by atoms with Gasteiger partial charge in [-0.25, -0.2) is 13.1 Å². The molecule has 28 heavy (non-hydrogen) atoms. The van der Waals surface area contributed by atoms with Crippen LogP contribution in [0.15, 0.2) is 41.3 Å². The molecule has 9 heteroatoms. The molecule has 0 aromatic heterocycles. The molecule has 0 heterocycles. The smallest absolute Gasteiger partial charge is 0.273 e. The lowest BCUT2D eigenvalue weighted by atomic mass is 10.1. The van der Waals surface area contributed by atoms with E-state index in [9.17, 15) is 18.5 Å². The predicted octanol–water partition coefficient (Wildman–Crippen LogP) is 3.74. The van der Waals surface area contributed by atoms with Gasteiger partial charge in [0.15, 0.2) is 11.5 Å². The number of sulfonamides is 1. The first-order valence-corrected chi connectivity index (χ1v) is 10.3. The van der Waals surface area contributed by atoms with Gasteiger partial charge in [-0.2, -0.15) is 0 Å². The number of nitrogens with zero attached hydrogens (tertiary/aromatic N) is 1. The Morgan fingerprint density at radius 1 is 1.07 bits per heavy atom. The molecule has 2 aromatic carbocycles. The van der Waals surface area contributed by atoms with Crippen molar-refractivity contribution in [2.75, 3.05) is 13.2 Å². The highest BCUT2D eigenvalue weighted by Gasteiger charge is 2.23. The van der Waals surface area contributed by atoms with E-state index in [1.165, 1.54) is 12.1 Å². The minimum absolute atomic E-state index is 0.160. The highest BCUT2D eigenvalue weighted by Crippen LogP contribution is 2.31. The first kappa shape index (κ1) is 21.6. The minimum Gasteiger partial charge on any atom is -0.490 e. The highest BCUT2D eigenvalue weighted by atomic mass is 32.2. The maximum absolute atomic E-state index is 12.7. The molecule has 0 unspecified atom stereocenters. The van der Waals surface area contributed by atoms with Crippen LogP contribution in [0.3, 0.4) is 0 Å². The van der Waals surface area contributed by atoms with E-state index in [4.69, 9.17) is 9.47 Å². The Morgan fingerprint density at radius 3 is 2.32 bits per heavy atom. The standard InChI is InChI=1S/C19H24N2O6S/c1-5-26-18-10-8-15(11-19(18)27-6-2)14(4)20-28(24,25)16-9-7-13(3)17(12-16)21(22)23/h7-12,14,20H,5-6H2,1-4H3/t14-/m1/s1. The highest BCUT2D eigenvalue weighted by molar-refractivity contribution is 7.89. The number of nitro benzene ring substituents is 1. The van der Waals surface area contributed by atoms with Gasteiger partial charge in [0.2, 0.25) is 10.0 Å². The molecule has 1 N–H and O–H groups in total. The fourth-order valence-electron chi connectivity index (χ4n) is 2.66. The molecule has 0 saturated heterocycles. The Morgan fingerprint density at radius 2 is 1.71 bits per heavy atom. The summed E-state index contributed by atoms with van der Waals surface area (Å²) in [7, 11) is -3.95. The molecule has 0 aliphatic carbocycles. The molecule has 0 amide bonds. The van der Waals surface area contributed by atoms with Gasteiger partial charge in [0, 0.05) is 17.7 Å². The number of ether oxygens (including phenoxy) is 2. The summed E-state index contributed by atoms with van der Waals surface area (Å²) in [5, 5.41) is 11.1. The lowest BCUT2D eigenvalue weighted by Gasteiger charge is -2.17. The van der Waals surface area contributed by atoms with Crippen LogP contribution in [-0.4, -0.2) is 26.6 Å². The van der Waals surface area contributed by atoms with Crippen LogP contribution < -0.4 is 14.2 Å². The zero-order chi connectivity index (χ0) is 20.9. The van der Waals surface area contributed by atoms with Gasteiger partial charge in [0.05, 0.1) is 23.0 Å². The summed E-state index contributed by atoms with van der Waals surface area (Å²) < 4.78 is 39.0. The zero-order valence-electron chi connectivity index (χ0n) is 16.3. The zero-order valence-corrected chi connectivity index (χ0v) is 17.1. The molecular formula is C19H24N2O6S.